The largest absolute Gasteiger partial charge is 0.478 e. The Morgan fingerprint density at radius 2 is 2.05 bits per heavy atom. The monoisotopic (exact) mass is 291 g/mol. The zero-order chi connectivity index (χ0) is 15.4. The SMILES string of the molecule is CCc1cc(C(=O)O)cc(NC(C)C(=O)N2CCCC2)n1. The predicted octanol–water partition coefficient (Wildman–Crippen LogP) is 1.76. The van der Waals surface area contributed by atoms with E-state index in [-0.39, 0.29) is 11.5 Å². The maximum Gasteiger partial charge on any atom is 0.335 e. The zero-order valence-electron chi connectivity index (χ0n) is 12.4. The molecule has 6 heteroatoms. The van der Waals surface area contributed by atoms with Crippen LogP contribution in [0.5, 0.6) is 0 Å². The van der Waals surface area contributed by atoms with Gasteiger partial charge in [-0.25, -0.2) is 9.78 Å². The summed E-state index contributed by atoms with van der Waals surface area (Å²) in [6.07, 6.45) is 2.74. The summed E-state index contributed by atoms with van der Waals surface area (Å²) in [5, 5.41) is 12.1. The summed E-state index contributed by atoms with van der Waals surface area (Å²) in [7, 11) is 0. The van der Waals surface area contributed by atoms with E-state index in [1.54, 1.807) is 13.0 Å². The second-order valence-electron chi connectivity index (χ2n) is 5.29. The number of amides is 1. The van der Waals surface area contributed by atoms with Gasteiger partial charge >= 0.3 is 5.97 Å². The van der Waals surface area contributed by atoms with Crippen LogP contribution in [0.2, 0.25) is 0 Å². The molecule has 6 nitrogen and oxygen atoms in total. The van der Waals surface area contributed by atoms with E-state index in [2.05, 4.69) is 10.3 Å². The average Bonchev–Trinajstić information content (AvgIpc) is 3.00. The van der Waals surface area contributed by atoms with Gasteiger partial charge in [0.1, 0.15) is 11.9 Å². The highest BCUT2D eigenvalue weighted by atomic mass is 16.4. The smallest absolute Gasteiger partial charge is 0.335 e. The van der Waals surface area contributed by atoms with Crippen molar-refractivity contribution < 1.29 is 14.7 Å². The number of aromatic carboxylic acids is 1. The third-order valence-electron chi connectivity index (χ3n) is 3.64. The molecular weight excluding hydrogens is 270 g/mol. The fourth-order valence-electron chi connectivity index (χ4n) is 2.46. The number of aromatic nitrogens is 1. The minimum absolute atomic E-state index is 0.0353. The summed E-state index contributed by atoms with van der Waals surface area (Å²) >= 11 is 0. The second kappa shape index (κ2) is 6.56. The topological polar surface area (TPSA) is 82.5 Å². The van der Waals surface area contributed by atoms with Gasteiger partial charge in [0, 0.05) is 18.8 Å². The van der Waals surface area contributed by atoms with Crippen LogP contribution in [0.1, 0.15) is 42.7 Å². The van der Waals surface area contributed by atoms with Gasteiger partial charge in [0.15, 0.2) is 0 Å². The number of pyridine rings is 1. The van der Waals surface area contributed by atoms with Crippen LogP contribution in [0.3, 0.4) is 0 Å². The molecule has 114 valence electrons. The number of anilines is 1. The third-order valence-corrected chi connectivity index (χ3v) is 3.64. The molecule has 0 aromatic carbocycles. The van der Waals surface area contributed by atoms with Crippen LogP contribution in [0.15, 0.2) is 12.1 Å². The van der Waals surface area contributed by atoms with Crippen molar-refractivity contribution in [1.82, 2.24) is 9.88 Å². The van der Waals surface area contributed by atoms with Crippen LogP contribution in [0.25, 0.3) is 0 Å². The Hall–Kier alpha value is -2.11. The third kappa shape index (κ3) is 3.71. The molecule has 2 N–H and O–H groups in total. The minimum atomic E-state index is -0.992. The Morgan fingerprint density at radius 3 is 2.62 bits per heavy atom. The standard InChI is InChI=1S/C15H21N3O3/c1-3-12-8-11(15(20)21)9-13(17-12)16-10(2)14(19)18-6-4-5-7-18/h8-10H,3-7H2,1-2H3,(H,16,17)(H,20,21). The molecule has 1 unspecified atom stereocenters. The lowest BCUT2D eigenvalue weighted by Crippen LogP contribution is -2.39. The maximum absolute atomic E-state index is 12.2. The van der Waals surface area contributed by atoms with Crippen molar-refractivity contribution in [2.24, 2.45) is 0 Å². The highest BCUT2D eigenvalue weighted by molar-refractivity contribution is 5.89. The van der Waals surface area contributed by atoms with Gasteiger partial charge < -0.3 is 15.3 Å². The molecule has 1 aromatic rings. The second-order valence-corrected chi connectivity index (χ2v) is 5.29. The van der Waals surface area contributed by atoms with Gasteiger partial charge in [0.2, 0.25) is 5.91 Å². The number of rotatable bonds is 5. The first-order valence-electron chi connectivity index (χ1n) is 7.31. The predicted molar refractivity (Wildman–Crippen MR) is 79.5 cm³/mol. The van der Waals surface area contributed by atoms with Gasteiger partial charge in [0.25, 0.3) is 0 Å². The van der Waals surface area contributed by atoms with Crippen LogP contribution in [-0.2, 0) is 11.2 Å². The highest BCUT2D eigenvalue weighted by Gasteiger charge is 2.23. The first-order valence-corrected chi connectivity index (χ1v) is 7.31. The van der Waals surface area contributed by atoms with Gasteiger partial charge in [-0.3, -0.25) is 4.79 Å². The van der Waals surface area contributed by atoms with Crippen molar-refractivity contribution in [1.29, 1.82) is 0 Å². The molecule has 1 atom stereocenters. The molecule has 1 amide bonds. The first kappa shape index (κ1) is 15.3. The molecule has 0 bridgehead atoms. The summed E-state index contributed by atoms with van der Waals surface area (Å²) in [4.78, 5) is 29.5. The zero-order valence-corrected chi connectivity index (χ0v) is 12.4. The van der Waals surface area contributed by atoms with Crippen molar-refractivity contribution >= 4 is 17.7 Å². The Bertz CT molecular complexity index is 539. The van der Waals surface area contributed by atoms with Crippen molar-refractivity contribution in [3.63, 3.8) is 0 Å². The Kier molecular flexibility index (Phi) is 4.77. The summed E-state index contributed by atoms with van der Waals surface area (Å²) in [6, 6.07) is 2.61. The molecule has 0 spiro atoms. The first-order chi connectivity index (χ1) is 10.0. The molecule has 2 rings (SSSR count). The van der Waals surface area contributed by atoms with Crippen molar-refractivity contribution in [2.45, 2.75) is 39.2 Å². The van der Waals surface area contributed by atoms with Gasteiger partial charge in [0.05, 0.1) is 5.56 Å². The molecule has 21 heavy (non-hydrogen) atoms. The molecule has 1 aliphatic heterocycles. The molecule has 0 aliphatic carbocycles. The number of carbonyl (C=O) groups is 2. The lowest BCUT2D eigenvalue weighted by atomic mass is 10.2. The van der Waals surface area contributed by atoms with E-state index < -0.39 is 12.0 Å². The fraction of sp³-hybridized carbons (Fsp3) is 0.533. The van der Waals surface area contributed by atoms with Crippen molar-refractivity contribution in [3.8, 4) is 0 Å². The summed E-state index contributed by atoms with van der Waals surface area (Å²) in [5.74, 6) is -0.520. The van der Waals surface area contributed by atoms with Gasteiger partial charge in [-0.15, -0.1) is 0 Å². The van der Waals surface area contributed by atoms with Crippen LogP contribution < -0.4 is 5.32 Å². The molecule has 0 radical (unpaired) electrons. The highest BCUT2D eigenvalue weighted by Crippen LogP contribution is 2.15. The van der Waals surface area contributed by atoms with E-state index in [0.717, 1.165) is 25.9 Å². The average molecular weight is 291 g/mol. The quantitative estimate of drug-likeness (QED) is 0.864. The molecule has 1 aromatic heterocycles. The Morgan fingerprint density at radius 1 is 1.38 bits per heavy atom. The minimum Gasteiger partial charge on any atom is -0.478 e. The Balaban J connectivity index is 2.12. The van der Waals surface area contributed by atoms with Crippen molar-refractivity contribution in [2.75, 3.05) is 18.4 Å². The van der Waals surface area contributed by atoms with E-state index >= 15 is 0 Å². The van der Waals surface area contributed by atoms with E-state index in [0.29, 0.717) is 17.9 Å². The van der Waals surface area contributed by atoms with Crippen LogP contribution in [0, 0.1) is 0 Å². The van der Waals surface area contributed by atoms with Gasteiger partial charge in [-0.2, -0.15) is 0 Å². The number of hydrogen-bond acceptors (Lipinski definition) is 4. The number of hydrogen-bond donors (Lipinski definition) is 2. The molecule has 1 fully saturated rings. The van der Waals surface area contributed by atoms with Crippen LogP contribution in [-0.4, -0.2) is 46.0 Å². The van der Waals surface area contributed by atoms with E-state index in [4.69, 9.17) is 5.11 Å². The van der Waals surface area contributed by atoms with Crippen molar-refractivity contribution in [3.05, 3.63) is 23.4 Å². The molecular formula is C15H21N3O3. The van der Waals surface area contributed by atoms with Crippen LogP contribution in [0.4, 0.5) is 5.82 Å². The molecule has 1 aliphatic rings. The Labute approximate surface area is 124 Å². The number of carbonyl (C=O) groups excluding carboxylic acids is 1. The normalized spacial score (nSPS) is 15.8. The summed E-state index contributed by atoms with van der Waals surface area (Å²) in [6.45, 7) is 5.29. The molecule has 2 heterocycles. The lowest BCUT2D eigenvalue weighted by molar-refractivity contribution is -0.130. The molecule has 0 saturated carbocycles. The van der Waals surface area contributed by atoms with E-state index in [9.17, 15) is 9.59 Å². The van der Waals surface area contributed by atoms with Gasteiger partial charge in [-0.05, 0) is 38.3 Å². The number of nitrogens with one attached hydrogen (secondary N) is 1. The number of carboxylic acid groups (broad SMARTS) is 1. The summed E-state index contributed by atoms with van der Waals surface area (Å²) < 4.78 is 0. The number of likely N-dealkylation sites (tertiary alicyclic amines) is 1. The number of aryl methyl sites for hydroxylation is 1. The number of nitrogens with zero attached hydrogens (tertiary/aromatic N) is 2. The number of carboxylic acids is 1. The lowest BCUT2D eigenvalue weighted by Gasteiger charge is -2.21. The van der Waals surface area contributed by atoms with E-state index in [1.165, 1.54) is 6.07 Å². The van der Waals surface area contributed by atoms with Gasteiger partial charge in [-0.1, -0.05) is 6.92 Å². The summed E-state index contributed by atoms with van der Waals surface area (Å²) in [5.41, 5.74) is 0.878. The maximum atomic E-state index is 12.2. The van der Waals surface area contributed by atoms with E-state index in [1.807, 2.05) is 11.8 Å². The fourth-order valence-corrected chi connectivity index (χ4v) is 2.46. The van der Waals surface area contributed by atoms with Crippen LogP contribution >= 0.6 is 0 Å². The molecule has 1 saturated heterocycles.